The second-order valence-corrected chi connectivity index (χ2v) is 9.05. The third-order valence-corrected chi connectivity index (χ3v) is 6.30. The Hall–Kier alpha value is -2.62. The van der Waals surface area contributed by atoms with Crippen LogP contribution < -0.4 is 14.8 Å². The number of aromatic nitrogens is 4. The smallest absolute Gasteiger partial charge is 0.248 e. The Labute approximate surface area is 209 Å². The zero-order chi connectivity index (χ0) is 23.7. The summed E-state index contributed by atoms with van der Waals surface area (Å²) in [6.45, 7) is 5.87. The molecule has 2 aromatic carbocycles. The molecule has 2 heterocycles. The minimum absolute atomic E-state index is 0.0852. The maximum Gasteiger partial charge on any atom is 0.248 e. The van der Waals surface area contributed by atoms with E-state index in [4.69, 9.17) is 32.7 Å². The van der Waals surface area contributed by atoms with Gasteiger partial charge in [0.1, 0.15) is 12.6 Å². The molecular weight excluding hydrogens is 533 g/mol. The summed E-state index contributed by atoms with van der Waals surface area (Å²) < 4.78 is 14.2. The molecule has 172 valence electrons. The molecule has 1 aliphatic rings. The first kappa shape index (κ1) is 23.5. The fourth-order valence-electron chi connectivity index (χ4n) is 3.71. The van der Waals surface area contributed by atoms with Crippen LogP contribution in [0.15, 0.2) is 46.1 Å². The summed E-state index contributed by atoms with van der Waals surface area (Å²) in [5.74, 6) is 1.40. The Balaban J connectivity index is 1.75. The van der Waals surface area contributed by atoms with E-state index in [0.717, 1.165) is 11.1 Å². The number of fused-ring (bicyclic) bond motifs is 1. The highest BCUT2D eigenvalue weighted by molar-refractivity contribution is 9.10. The van der Waals surface area contributed by atoms with Gasteiger partial charge in [-0.2, -0.15) is 4.68 Å². The molecule has 0 spiro atoms. The number of tetrazole rings is 1. The van der Waals surface area contributed by atoms with Crippen LogP contribution in [0.4, 0.5) is 5.95 Å². The highest BCUT2D eigenvalue weighted by atomic mass is 79.9. The second-order valence-electron chi connectivity index (χ2n) is 7.36. The zero-order valence-electron chi connectivity index (χ0n) is 18.0. The number of hydrogen-bond acceptors (Lipinski definition) is 7. The zero-order valence-corrected chi connectivity index (χ0v) is 21.1. The van der Waals surface area contributed by atoms with E-state index >= 15 is 0 Å². The van der Waals surface area contributed by atoms with Gasteiger partial charge >= 0.3 is 0 Å². The molecule has 0 bridgehead atoms. The van der Waals surface area contributed by atoms with Gasteiger partial charge in [0.25, 0.3) is 0 Å². The average molecular weight is 553 g/mol. The Morgan fingerprint density at radius 2 is 2.03 bits per heavy atom. The van der Waals surface area contributed by atoms with E-state index in [1.807, 2.05) is 32.0 Å². The lowest BCUT2D eigenvalue weighted by atomic mass is 9.93. The van der Waals surface area contributed by atoms with Crippen molar-refractivity contribution in [2.45, 2.75) is 33.4 Å². The molecule has 0 aliphatic carbocycles. The summed E-state index contributed by atoms with van der Waals surface area (Å²) in [4.78, 5) is 12.5. The SMILES string of the molecule is CCOc1cc(C2C(C(C)=O)=C(C)Nc3nnnn32)cc(Br)c1OCc1ccc(Cl)cc1Cl. The predicted molar refractivity (Wildman–Crippen MR) is 129 cm³/mol. The van der Waals surface area contributed by atoms with Crippen molar-refractivity contribution in [1.82, 2.24) is 20.2 Å². The van der Waals surface area contributed by atoms with Gasteiger partial charge in [0.2, 0.25) is 5.95 Å². The Bertz CT molecular complexity index is 1260. The summed E-state index contributed by atoms with van der Waals surface area (Å²) in [6, 6.07) is 8.43. The van der Waals surface area contributed by atoms with Gasteiger partial charge in [-0.1, -0.05) is 34.4 Å². The lowest BCUT2D eigenvalue weighted by Crippen LogP contribution is -2.28. The number of carbonyl (C=O) groups is 1. The number of rotatable bonds is 7. The minimum Gasteiger partial charge on any atom is -0.490 e. The number of hydrogen-bond donors (Lipinski definition) is 1. The first-order valence-electron chi connectivity index (χ1n) is 10.1. The number of Topliss-reactive ketones (excluding diaryl/α,β-unsaturated/α-hetero) is 1. The molecule has 1 unspecified atom stereocenters. The van der Waals surface area contributed by atoms with Crippen molar-refractivity contribution >= 4 is 50.9 Å². The first-order chi connectivity index (χ1) is 15.8. The van der Waals surface area contributed by atoms with Crippen molar-refractivity contribution in [3.8, 4) is 11.5 Å². The molecule has 33 heavy (non-hydrogen) atoms. The summed E-state index contributed by atoms with van der Waals surface area (Å²) in [6.07, 6.45) is 0. The van der Waals surface area contributed by atoms with Crippen LogP contribution in [0, 0.1) is 0 Å². The minimum atomic E-state index is -0.524. The van der Waals surface area contributed by atoms with Crippen LogP contribution in [-0.2, 0) is 11.4 Å². The molecule has 0 fully saturated rings. The molecule has 0 amide bonds. The number of ether oxygens (including phenoxy) is 2. The van der Waals surface area contributed by atoms with E-state index in [0.29, 0.717) is 49.8 Å². The molecule has 11 heteroatoms. The number of allylic oxidation sites excluding steroid dienone is 2. The van der Waals surface area contributed by atoms with Gasteiger partial charge in [-0.3, -0.25) is 4.79 Å². The Kier molecular flexibility index (Phi) is 6.92. The number of nitrogens with one attached hydrogen (secondary N) is 1. The highest BCUT2D eigenvalue weighted by Gasteiger charge is 2.33. The summed E-state index contributed by atoms with van der Waals surface area (Å²) in [5.41, 5.74) is 2.81. The topological polar surface area (TPSA) is 91.2 Å². The largest absolute Gasteiger partial charge is 0.490 e. The van der Waals surface area contributed by atoms with Crippen LogP contribution >= 0.6 is 39.1 Å². The van der Waals surface area contributed by atoms with Gasteiger partial charge in [0, 0.05) is 26.9 Å². The van der Waals surface area contributed by atoms with E-state index in [9.17, 15) is 4.79 Å². The van der Waals surface area contributed by atoms with E-state index in [-0.39, 0.29) is 12.4 Å². The van der Waals surface area contributed by atoms with Gasteiger partial charge in [0.15, 0.2) is 17.3 Å². The van der Waals surface area contributed by atoms with Crippen LogP contribution in [0.25, 0.3) is 0 Å². The molecule has 0 radical (unpaired) electrons. The standard InChI is InChI=1S/C22H20BrCl2N5O3/c1-4-32-18-8-14(20-19(12(3)31)11(2)26-22-27-28-29-30(20)22)7-16(23)21(18)33-10-13-5-6-15(24)9-17(13)25/h5-9,20H,4,10H2,1-3H3,(H,26,27,29). The number of carbonyl (C=O) groups excluding carboxylic acids is 1. The lowest BCUT2D eigenvalue weighted by molar-refractivity contribution is -0.114. The molecule has 8 nitrogen and oxygen atoms in total. The van der Waals surface area contributed by atoms with Crippen LogP contribution in [-0.4, -0.2) is 32.6 Å². The van der Waals surface area contributed by atoms with Gasteiger partial charge in [-0.05, 0) is 77.0 Å². The molecule has 0 saturated heterocycles. The number of anilines is 1. The van der Waals surface area contributed by atoms with Crippen LogP contribution in [0.2, 0.25) is 10.0 Å². The summed E-state index contributed by atoms with van der Waals surface area (Å²) in [7, 11) is 0. The molecule has 1 aromatic heterocycles. The monoisotopic (exact) mass is 551 g/mol. The predicted octanol–water partition coefficient (Wildman–Crippen LogP) is 5.60. The van der Waals surface area contributed by atoms with Crippen LogP contribution in [0.5, 0.6) is 11.5 Å². The van der Waals surface area contributed by atoms with Gasteiger partial charge in [-0.25, -0.2) is 0 Å². The maximum absolute atomic E-state index is 12.5. The molecule has 1 N–H and O–H groups in total. The number of ketones is 1. The van der Waals surface area contributed by atoms with Crippen molar-refractivity contribution in [2.24, 2.45) is 0 Å². The van der Waals surface area contributed by atoms with Crippen molar-refractivity contribution < 1.29 is 14.3 Å². The quantitative estimate of drug-likeness (QED) is 0.408. The highest BCUT2D eigenvalue weighted by Crippen LogP contribution is 2.43. The fourth-order valence-corrected chi connectivity index (χ4v) is 4.75. The molecule has 0 saturated carbocycles. The first-order valence-corrected chi connectivity index (χ1v) is 11.6. The maximum atomic E-state index is 12.5. The van der Waals surface area contributed by atoms with E-state index in [2.05, 4.69) is 36.8 Å². The van der Waals surface area contributed by atoms with Crippen molar-refractivity contribution in [3.05, 3.63) is 67.2 Å². The average Bonchev–Trinajstić information content (AvgIpc) is 3.21. The third kappa shape index (κ3) is 4.71. The number of halogens is 3. The molecular formula is C22H20BrCl2N5O3. The van der Waals surface area contributed by atoms with Crippen LogP contribution in [0.3, 0.4) is 0 Å². The van der Waals surface area contributed by atoms with E-state index in [1.54, 1.807) is 16.8 Å². The lowest BCUT2D eigenvalue weighted by Gasteiger charge is -2.28. The van der Waals surface area contributed by atoms with Gasteiger partial charge < -0.3 is 14.8 Å². The molecule has 1 atom stereocenters. The summed E-state index contributed by atoms with van der Waals surface area (Å²) in [5, 5.41) is 16.0. The molecule has 3 aromatic rings. The normalized spacial score (nSPS) is 15.2. The summed E-state index contributed by atoms with van der Waals surface area (Å²) >= 11 is 15.9. The Morgan fingerprint density at radius 1 is 1.24 bits per heavy atom. The fraction of sp³-hybridized carbons (Fsp3) is 0.273. The number of nitrogens with zero attached hydrogens (tertiary/aromatic N) is 4. The van der Waals surface area contributed by atoms with E-state index < -0.39 is 6.04 Å². The van der Waals surface area contributed by atoms with Gasteiger partial charge in [-0.15, -0.1) is 0 Å². The number of benzene rings is 2. The van der Waals surface area contributed by atoms with Crippen LogP contribution in [0.1, 0.15) is 37.9 Å². The Morgan fingerprint density at radius 3 is 2.73 bits per heavy atom. The van der Waals surface area contributed by atoms with Gasteiger partial charge in [0.05, 0.1) is 11.1 Å². The van der Waals surface area contributed by atoms with Crippen molar-refractivity contribution in [3.63, 3.8) is 0 Å². The molecule has 1 aliphatic heterocycles. The molecule has 4 rings (SSSR count). The van der Waals surface area contributed by atoms with Crippen molar-refractivity contribution in [2.75, 3.05) is 11.9 Å². The van der Waals surface area contributed by atoms with E-state index in [1.165, 1.54) is 6.92 Å². The second kappa shape index (κ2) is 9.70. The van der Waals surface area contributed by atoms with Crippen molar-refractivity contribution in [1.29, 1.82) is 0 Å². The third-order valence-electron chi connectivity index (χ3n) is 5.13.